The second-order valence-corrected chi connectivity index (χ2v) is 3.71. The summed E-state index contributed by atoms with van der Waals surface area (Å²) >= 11 is 0. The lowest BCUT2D eigenvalue weighted by atomic mass is 10.3. The number of nitrogens with zero attached hydrogens (tertiary/aromatic N) is 3. The fraction of sp³-hybridized carbons (Fsp3) is 0.364. The van der Waals surface area contributed by atoms with Crippen LogP contribution in [0.3, 0.4) is 0 Å². The van der Waals surface area contributed by atoms with Crippen LogP contribution in [0, 0.1) is 11.3 Å². The first-order chi connectivity index (χ1) is 8.04. The van der Waals surface area contributed by atoms with Crippen LogP contribution in [0.25, 0.3) is 0 Å². The third-order valence-corrected chi connectivity index (χ3v) is 2.18. The number of nitrogen functional groups attached to an aromatic ring is 1. The molecule has 6 nitrogen and oxygen atoms in total. The molecule has 0 fully saturated rings. The molecule has 17 heavy (non-hydrogen) atoms. The van der Waals surface area contributed by atoms with E-state index in [4.69, 9.17) is 11.0 Å². The minimum absolute atomic E-state index is 0.0356. The molecule has 3 N–H and O–H groups in total. The standard InChI is InChI=1S/C11H15N5O/c1-16(2)11(17)5-6-14-10-4-3-8(13)9(7-12)15-10/h3-4H,5-6,13H2,1-2H3,(H,14,15). The number of aromatic nitrogens is 1. The van der Waals surface area contributed by atoms with Gasteiger partial charge in [-0.2, -0.15) is 5.26 Å². The van der Waals surface area contributed by atoms with Crippen LogP contribution < -0.4 is 11.1 Å². The van der Waals surface area contributed by atoms with Crippen molar-refractivity contribution in [3.63, 3.8) is 0 Å². The van der Waals surface area contributed by atoms with Crippen LogP contribution in [-0.4, -0.2) is 36.4 Å². The zero-order valence-electron chi connectivity index (χ0n) is 9.90. The molecule has 0 saturated heterocycles. The van der Waals surface area contributed by atoms with E-state index in [1.807, 2.05) is 6.07 Å². The van der Waals surface area contributed by atoms with Gasteiger partial charge in [0.05, 0.1) is 5.69 Å². The molecule has 0 radical (unpaired) electrons. The molecular weight excluding hydrogens is 218 g/mol. The fourth-order valence-electron chi connectivity index (χ4n) is 1.18. The maximum absolute atomic E-state index is 11.3. The number of hydrogen-bond donors (Lipinski definition) is 2. The summed E-state index contributed by atoms with van der Waals surface area (Å²) in [4.78, 5) is 16.8. The van der Waals surface area contributed by atoms with E-state index in [2.05, 4.69) is 10.3 Å². The highest BCUT2D eigenvalue weighted by Crippen LogP contribution is 2.11. The molecule has 0 saturated carbocycles. The minimum atomic E-state index is 0.0356. The Balaban J connectivity index is 2.53. The normalized spacial score (nSPS) is 9.47. The molecule has 0 aliphatic heterocycles. The Hall–Kier alpha value is -2.29. The molecule has 1 amide bonds. The Morgan fingerprint density at radius 1 is 1.59 bits per heavy atom. The lowest BCUT2D eigenvalue weighted by Crippen LogP contribution is -2.24. The Kier molecular flexibility index (Phi) is 4.29. The van der Waals surface area contributed by atoms with Gasteiger partial charge in [-0.1, -0.05) is 0 Å². The van der Waals surface area contributed by atoms with E-state index >= 15 is 0 Å². The van der Waals surface area contributed by atoms with E-state index in [0.29, 0.717) is 24.5 Å². The SMILES string of the molecule is CN(C)C(=O)CCNc1ccc(N)c(C#N)n1. The number of rotatable bonds is 4. The van der Waals surface area contributed by atoms with Gasteiger partial charge in [0.2, 0.25) is 5.91 Å². The summed E-state index contributed by atoms with van der Waals surface area (Å²) in [5.41, 5.74) is 6.08. The predicted molar refractivity (Wildman–Crippen MR) is 65.2 cm³/mol. The number of amides is 1. The highest BCUT2D eigenvalue weighted by Gasteiger charge is 2.04. The molecule has 0 unspecified atom stereocenters. The summed E-state index contributed by atoms with van der Waals surface area (Å²) in [6, 6.07) is 5.19. The molecule has 1 heterocycles. The van der Waals surface area contributed by atoms with Crippen LogP contribution in [0.5, 0.6) is 0 Å². The van der Waals surface area contributed by atoms with Crippen molar-refractivity contribution in [1.29, 1.82) is 5.26 Å². The van der Waals surface area contributed by atoms with Gasteiger partial charge >= 0.3 is 0 Å². The number of pyridine rings is 1. The molecule has 1 rings (SSSR count). The van der Waals surface area contributed by atoms with Crippen LogP contribution in [0.15, 0.2) is 12.1 Å². The number of carbonyl (C=O) groups is 1. The Morgan fingerprint density at radius 2 is 2.29 bits per heavy atom. The molecular formula is C11H15N5O. The van der Waals surface area contributed by atoms with Gasteiger partial charge in [-0.15, -0.1) is 0 Å². The number of nitriles is 1. The van der Waals surface area contributed by atoms with Gasteiger partial charge in [0.15, 0.2) is 5.69 Å². The van der Waals surface area contributed by atoms with Crippen LogP contribution >= 0.6 is 0 Å². The van der Waals surface area contributed by atoms with E-state index < -0.39 is 0 Å². The summed E-state index contributed by atoms with van der Waals surface area (Å²) in [6.45, 7) is 0.471. The zero-order chi connectivity index (χ0) is 12.8. The minimum Gasteiger partial charge on any atom is -0.396 e. The second kappa shape index (κ2) is 5.70. The highest BCUT2D eigenvalue weighted by atomic mass is 16.2. The fourth-order valence-corrected chi connectivity index (χ4v) is 1.18. The van der Waals surface area contributed by atoms with Crippen molar-refractivity contribution in [2.24, 2.45) is 0 Å². The molecule has 1 aromatic heterocycles. The van der Waals surface area contributed by atoms with Crippen LogP contribution in [0.1, 0.15) is 12.1 Å². The van der Waals surface area contributed by atoms with E-state index in [0.717, 1.165) is 0 Å². The smallest absolute Gasteiger partial charge is 0.223 e. The number of carbonyl (C=O) groups excluding carboxylic acids is 1. The number of hydrogen-bond acceptors (Lipinski definition) is 5. The van der Waals surface area contributed by atoms with Crippen molar-refractivity contribution in [2.45, 2.75) is 6.42 Å². The van der Waals surface area contributed by atoms with Gasteiger partial charge in [-0.3, -0.25) is 4.79 Å². The average molecular weight is 233 g/mol. The van der Waals surface area contributed by atoms with Gasteiger partial charge in [-0.05, 0) is 12.1 Å². The first-order valence-corrected chi connectivity index (χ1v) is 5.15. The van der Waals surface area contributed by atoms with Crippen LogP contribution in [0.2, 0.25) is 0 Å². The summed E-state index contributed by atoms with van der Waals surface area (Å²) in [7, 11) is 3.41. The van der Waals surface area contributed by atoms with Crippen molar-refractivity contribution in [2.75, 3.05) is 31.7 Å². The average Bonchev–Trinajstić information content (AvgIpc) is 2.31. The van der Waals surface area contributed by atoms with Gasteiger partial charge in [0.1, 0.15) is 11.9 Å². The van der Waals surface area contributed by atoms with Crippen molar-refractivity contribution < 1.29 is 4.79 Å². The van der Waals surface area contributed by atoms with Gasteiger partial charge in [-0.25, -0.2) is 4.98 Å². The highest BCUT2D eigenvalue weighted by molar-refractivity contribution is 5.76. The van der Waals surface area contributed by atoms with Gasteiger partial charge in [0, 0.05) is 27.1 Å². The van der Waals surface area contributed by atoms with Crippen LogP contribution in [0.4, 0.5) is 11.5 Å². The van der Waals surface area contributed by atoms with E-state index in [1.54, 1.807) is 26.2 Å². The van der Waals surface area contributed by atoms with Crippen molar-refractivity contribution in [3.8, 4) is 6.07 Å². The Labute approximate surface area is 100 Å². The predicted octanol–water partition coefficient (Wildman–Crippen LogP) is 0.426. The first-order valence-electron chi connectivity index (χ1n) is 5.15. The van der Waals surface area contributed by atoms with Crippen molar-refractivity contribution in [1.82, 2.24) is 9.88 Å². The zero-order valence-corrected chi connectivity index (χ0v) is 9.90. The lowest BCUT2D eigenvalue weighted by Gasteiger charge is -2.11. The monoisotopic (exact) mass is 233 g/mol. The number of nitrogens with two attached hydrogens (primary N) is 1. The molecule has 0 atom stereocenters. The molecule has 0 spiro atoms. The molecule has 1 aromatic rings. The number of nitrogens with one attached hydrogen (secondary N) is 1. The molecule has 0 bridgehead atoms. The largest absolute Gasteiger partial charge is 0.396 e. The molecule has 90 valence electrons. The van der Waals surface area contributed by atoms with Crippen LogP contribution in [-0.2, 0) is 4.79 Å². The molecule has 6 heteroatoms. The maximum Gasteiger partial charge on any atom is 0.223 e. The first kappa shape index (κ1) is 12.8. The van der Waals surface area contributed by atoms with E-state index in [9.17, 15) is 4.79 Å². The molecule has 0 aliphatic rings. The Bertz CT molecular complexity index is 450. The summed E-state index contributed by atoms with van der Waals surface area (Å²) in [6.07, 6.45) is 0.376. The van der Waals surface area contributed by atoms with E-state index in [1.165, 1.54) is 4.90 Å². The second-order valence-electron chi connectivity index (χ2n) is 3.71. The summed E-state index contributed by atoms with van der Waals surface area (Å²) in [5, 5.41) is 11.7. The van der Waals surface area contributed by atoms with Gasteiger partial charge < -0.3 is 16.0 Å². The molecule has 0 aromatic carbocycles. The third kappa shape index (κ3) is 3.65. The lowest BCUT2D eigenvalue weighted by molar-refractivity contribution is -0.128. The quantitative estimate of drug-likeness (QED) is 0.786. The van der Waals surface area contributed by atoms with Gasteiger partial charge in [0.25, 0.3) is 0 Å². The van der Waals surface area contributed by atoms with E-state index in [-0.39, 0.29) is 11.6 Å². The van der Waals surface area contributed by atoms with Crippen molar-refractivity contribution >= 4 is 17.4 Å². The number of anilines is 2. The Morgan fingerprint density at radius 3 is 2.88 bits per heavy atom. The third-order valence-electron chi connectivity index (χ3n) is 2.18. The van der Waals surface area contributed by atoms with Crippen molar-refractivity contribution in [3.05, 3.63) is 17.8 Å². The summed E-state index contributed by atoms with van der Waals surface area (Å²) < 4.78 is 0. The maximum atomic E-state index is 11.3. The molecule has 0 aliphatic carbocycles. The summed E-state index contributed by atoms with van der Waals surface area (Å²) in [5.74, 6) is 0.579. The topological polar surface area (TPSA) is 95.0 Å².